The zero-order valence-corrected chi connectivity index (χ0v) is 8.86. The first-order valence-corrected chi connectivity index (χ1v) is 4.90. The van der Waals surface area contributed by atoms with Gasteiger partial charge >= 0.3 is 5.97 Å². The van der Waals surface area contributed by atoms with E-state index in [1.54, 1.807) is 10.7 Å². The van der Waals surface area contributed by atoms with Gasteiger partial charge in [0, 0.05) is 12.1 Å². The van der Waals surface area contributed by atoms with Crippen molar-refractivity contribution in [3.8, 4) is 0 Å². The Hall–Kier alpha value is -1.55. The molecule has 0 N–H and O–H groups in total. The summed E-state index contributed by atoms with van der Waals surface area (Å²) in [5, 5.41) is 4.04. The van der Waals surface area contributed by atoms with Crippen LogP contribution in [0, 0.1) is 0 Å². The number of fused-ring (bicyclic) bond motifs is 1. The van der Waals surface area contributed by atoms with Crippen molar-refractivity contribution in [2.45, 2.75) is 5.88 Å². The molecule has 2 aromatic heterocycles. The minimum Gasteiger partial charge on any atom is -0.465 e. The van der Waals surface area contributed by atoms with Crippen LogP contribution in [0.15, 0.2) is 24.5 Å². The molecule has 2 rings (SSSR count). The van der Waals surface area contributed by atoms with Gasteiger partial charge in [0.05, 0.1) is 18.8 Å². The highest BCUT2D eigenvalue weighted by Crippen LogP contribution is 2.14. The second-order valence-corrected chi connectivity index (χ2v) is 3.32. The number of hydrogen-bond acceptors (Lipinski definition) is 3. The van der Waals surface area contributed by atoms with E-state index in [-0.39, 0.29) is 0 Å². The molecule has 0 aromatic carbocycles. The number of hydrogen-bond donors (Lipinski definition) is 0. The summed E-state index contributed by atoms with van der Waals surface area (Å²) >= 11 is 5.71. The van der Waals surface area contributed by atoms with E-state index in [9.17, 15) is 4.79 Å². The maximum absolute atomic E-state index is 11.4. The molecule has 0 bridgehead atoms. The molecule has 2 aromatic rings. The first kappa shape index (κ1) is 9.98. The predicted molar refractivity (Wildman–Crippen MR) is 56.1 cm³/mol. The van der Waals surface area contributed by atoms with Gasteiger partial charge in [-0.25, -0.2) is 9.31 Å². The lowest BCUT2D eigenvalue weighted by molar-refractivity contribution is 0.0603. The molecule has 4 nitrogen and oxygen atoms in total. The highest BCUT2D eigenvalue weighted by Gasteiger charge is 2.12. The van der Waals surface area contributed by atoms with Crippen LogP contribution in [0.5, 0.6) is 0 Å². The molecule has 0 aliphatic carbocycles. The highest BCUT2D eigenvalue weighted by atomic mass is 35.5. The molecule has 78 valence electrons. The van der Waals surface area contributed by atoms with Gasteiger partial charge < -0.3 is 4.74 Å². The van der Waals surface area contributed by atoms with Crippen molar-refractivity contribution in [3.05, 3.63) is 35.7 Å². The average Bonchev–Trinajstić information content (AvgIpc) is 2.70. The van der Waals surface area contributed by atoms with Crippen LogP contribution in [0.25, 0.3) is 5.52 Å². The molecule has 0 saturated carbocycles. The predicted octanol–water partition coefficient (Wildman–Crippen LogP) is 1.86. The third-order valence-corrected chi connectivity index (χ3v) is 2.45. The molecule has 0 radical (unpaired) electrons. The number of aromatic nitrogens is 2. The van der Waals surface area contributed by atoms with Crippen molar-refractivity contribution >= 4 is 23.1 Å². The first-order valence-electron chi connectivity index (χ1n) is 4.37. The Morgan fingerprint density at radius 3 is 3.13 bits per heavy atom. The van der Waals surface area contributed by atoms with E-state index in [2.05, 4.69) is 9.84 Å². The third-order valence-electron chi connectivity index (χ3n) is 2.15. The number of rotatable bonds is 2. The Labute approximate surface area is 91.4 Å². The molecule has 0 unspecified atom stereocenters. The average molecular weight is 225 g/mol. The molecule has 0 saturated heterocycles. The zero-order valence-electron chi connectivity index (χ0n) is 8.11. The number of carbonyl (C=O) groups excluding carboxylic acids is 1. The molecule has 2 heterocycles. The fourth-order valence-corrected chi connectivity index (χ4v) is 1.54. The number of esters is 1. The van der Waals surface area contributed by atoms with Crippen molar-refractivity contribution in [2.75, 3.05) is 7.11 Å². The molecule has 0 aliphatic rings. The lowest BCUT2D eigenvalue weighted by Crippen LogP contribution is -2.00. The van der Waals surface area contributed by atoms with Crippen molar-refractivity contribution < 1.29 is 9.53 Å². The number of alkyl halides is 1. The summed E-state index contributed by atoms with van der Waals surface area (Å²) in [6.07, 6.45) is 3.25. The molecule has 15 heavy (non-hydrogen) atoms. The van der Waals surface area contributed by atoms with Gasteiger partial charge in [0.2, 0.25) is 0 Å². The van der Waals surface area contributed by atoms with Gasteiger partial charge in [-0.15, -0.1) is 11.6 Å². The smallest absolute Gasteiger partial charge is 0.341 e. The lowest BCUT2D eigenvalue weighted by atomic mass is 10.2. The van der Waals surface area contributed by atoms with Gasteiger partial charge in [-0.1, -0.05) is 0 Å². The highest BCUT2D eigenvalue weighted by molar-refractivity contribution is 6.17. The number of nitrogens with zero attached hydrogens (tertiary/aromatic N) is 2. The molecular weight excluding hydrogens is 216 g/mol. The van der Waals surface area contributed by atoms with Gasteiger partial charge in [0.15, 0.2) is 0 Å². The fourth-order valence-electron chi connectivity index (χ4n) is 1.37. The van der Waals surface area contributed by atoms with Gasteiger partial charge in [-0.3, -0.25) is 0 Å². The summed E-state index contributed by atoms with van der Waals surface area (Å²) < 4.78 is 6.26. The summed E-state index contributed by atoms with van der Waals surface area (Å²) in [5.74, 6) is 0.0131. The van der Waals surface area contributed by atoms with E-state index in [0.29, 0.717) is 17.0 Å². The first-order chi connectivity index (χ1) is 7.26. The van der Waals surface area contributed by atoms with E-state index in [0.717, 1.165) is 5.56 Å². The third kappa shape index (κ3) is 1.68. The lowest BCUT2D eigenvalue weighted by Gasteiger charge is -1.99. The maximum atomic E-state index is 11.4. The van der Waals surface area contributed by atoms with E-state index < -0.39 is 5.97 Å². The van der Waals surface area contributed by atoms with Crippen LogP contribution >= 0.6 is 11.6 Å². The van der Waals surface area contributed by atoms with Gasteiger partial charge in [-0.2, -0.15) is 5.10 Å². The largest absolute Gasteiger partial charge is 0.465 e. The molecular formula is C10H9ClN2O2. The normalized spacial score (nSPS) is 10.5. The Balaban J connectivity index is 2.61. The summed E-state index contributed by atoms with van der Waals surface area (Å²) in [6, 6.07) is 3.68. The Bertz CT molecular complexity index is 507. The second-order valence-electron chi connectivity index (χ2n) is 3.05. The monoisotopic (exact) mass is 224 g/mol. The number of halogens is 1. The van der Waals surface area contributed by atoms with Crippen LogP contribution in [0.3, 0.4) is 0 Å². The van der Waals surface area contributed by atoms with E-state index >= 15 is 0 Å². The topological polar surface area (TPSA) is 43.6 Å². The van der Waals surface area contributed by atoms with Crippen LogP contribution in [0.1, 0.15) is 15.9 Å². The zero-order chi connectivity index (χ0) is 10.8. The number of ether oxygens (including phenoxy) is 1. The van der Waals surface area contributed by atoms with Gasteiger partial charge in [0.25, 0.3) is 0 Å². The number of pyridine rings is 1. The van der Waals surface area contributed by atoms with Crippen LogP contribution in [-0.2, 0) is 10.6 Å². The SMILES string of the molecule is COC(=O)c1cnn2ccc(CCl)cc12. The molecule has 0 aliphatic heterocycles. The summed E-state index contributed by atoms with van der Waals surface area (Å²) in [7, 11) is 1.34. The Kier molecular flexibility index (Phi) is 2.60. The number of methoxy groups -OCH3 is 1. The summed E-state index contributed by atoms with van der Waals surface area (Å²) in [5.41, 5.74) is 2.10. The minimum atomic E-state index is -0.392. The van der Waals surface area contributed by atoms with Gasteiger partial charge in [0.1, 0.15) is 5.56 Å². The van der Waals surface area contributed by atoms with E-state index in [1.165, 1.54) is 13.3 Å². The maximum Gasteiger partial charge on any atom is 0.341 e. The van der Waals surface area contributed by atoms with Crippen LogP contribution < -0.4 is 0 Å². The van der Waals surface area contributed by atoms with Crippen molar-refractivity contribution in [3.63, 3.8) is 0 Å². The second kappa shape index (κ2) is 3.90. The quantitative estimate of drug-likeness (QED) is 0.578. The summed E-state index contributed by atoms with van der Waals surface area (Å²) in [6.45, 7) is 0. The summed E-state index contributed by atoms with van der Waals surface area (Å²) in [4.78, 5) is 11.4. The number of carbonyl (C=O) groups is 1. The van der Waals surface area contributed by atoms with Gasteiger partial charge in [-0.05, 0) is 17.7 Å². The van der Waals surface area contributed by atoms with E-state index in [4.69, 9.17) is 11.6 Å². The standard InChI is InChI=1S/C10H9ClN2O2/c1-15-10(14)8-6-12-13-3-2-7(5-11)4-9(8)13/h2-4,6H,5H2,1H3. The van der Waals surface area contributed by atoms with E-state index in [1.807, 2.05) is 12.1 Å². The Morgan fingerprint density at radius 2 is 2.47 bits per heavy atom. The molecule has 0 spiro atoms. The molecule has 5 heteroatoms. The minimum absolute atomic E-state index is 0.392. The van der Waals surface area contributed by atoms with Crippen LogP contribution in [-0.4, -0.2) is 22.7 Å². The molecule has 0 atom stereocenters. The fraction of sp³-hybridized carbons (Fsp3) is 0.200. The van der Waals surface area contributed by atoms with Crippen molar-refractivity contribution in [2.24, 2.45) is 0 Å². The molecule has 0 amide bonds. The van der Waals surface area contributed by atoms with Crippen LogP contribution in [0.2, 0.25) is 0 Å². The van der Waals surface area contributed by atoms with Crippen molar-refractivity contribution in [1.82, 2.24) is 9.61 Å². The molecule has 0 fully saturated rings. The Morgan fingerprint density at radius 1 is 1.67 bits per heavy atom. The van der Waals surface area contributed by atoms with Crippen molar-refractivity contribution in [1.29, 1.82) is 0 Å². The van der Waals surface area contributed by atoms with Crippen LogP contribution in [0.4, 0.5) is 0 Å².